The van der Waals surface area contributed by atoms with Crippen molar-refractivity contribution in [3.63, 3.8) is 0 Å². The molecule has 0 radical (unpaired) electrons. The van der Waals surface area contributed by atoms with Crippen molar-refractivity contribution in [1.82, 2.24) is 0 Å². The van der Waals surface area contributed by atoms with Gasteiger partial charge in [0, 0.05) is 0 Å². The summed E-state index contributed by atoms with van der Waals surface area (Å²) in [6.07, 6.45) is 1.42. The van der Waals surface area contributed by atoms with Crippen LogP contribution in [0.2, 0.25) is 0 Å². The van der Waals surface area contributed by atoms with Crippen LogP contribution in [-0.2, 0) is 14.3 Å². The quantitative estimate of drug-likeness (QED) is 0.331. The summed E-state index contributed by atoms with van der Waals surface area (Å²) in [5, 5.41) is 0. The maximum atomic E-state index is 11.5. The molecule has 0 aromatic heterocycles. The van der Waals surface area contributed by atoms with Crippen molar-refractivity contribution < 1.29 is 18.7 Å². The lowest BCUT2D eigenvalue weighted by molar-refractivity contribution is -0.145. The van der Waals surface area contributed by atoms with Gasteiger partial charge in [-0.2, -0.15) is 0 Å². The Balaban J connectivity index is 3.08. The topological polar surface area (TPSA) is 35.5 Å². The molecule has 0 aliphatic heterocycles. The van der Waals surface area contributed by atoms with Crippen molar-refractivity contribution in [1.29, 1.82) is 0 Å². The molecule has 0 aliphatic carbocycles. The van der Waals surface area contributed by atoms with Crippen LogP contribution in [0.1, 0.15) is 6.42 Å². The Hall–Kier alpha value is -0.900. The van der Waals surface area contributed by atoms with E-state index in [0.717, 1.165) is 0 Å². The number of carbonyl (C=O) groups excluding carboxylic acids is 1. The Labute approximate surface area is 71.2 Å². The Morgan fingerprint density at radius 1 is 1.50 bits per heavy atom. The number of rotatable bonds is 7. The highest BCUT2D eigenvalue weighted by atomic mass is 19.1. The molecule has 0 saturated heterocycles. The number of ether oxygens (including phenoxy) is 2. The predicted molar refractivity (Wildman–Crippen MR) is 42.6 cm³/mol. The lowest BCUT2D eigenvalue weighted by Gasteiger charge is -2.02. The van der Waals surface area contributed by atoms with E-state index >= 15 is 0 Å². The summed E-state index contributed by atoms with van der Waals surface area (Å²) in [5.41, 5.74) is 0. The third-order valence-corrected chi connectivity index (χ3v) is 1.03. The first-order valence-corrected chi connectivity index (χ1v) is 3.71. The lowest BCUT2D eigenvalue weighted by Crippen LogP contribution is -2.10. The molecule has 12 heavy (non-hydrogen) atoms. The fourth-order valence-corrected chi connectivity index (χ4v) is 0.530. The highest BCUT2D eigenvalue weighted by Crippen LogP contribution is 1.87. The number of esters is 1. The van der Waals surface area contributed by atoms with Crippen LogP contribution in [0.15, 0.2) is 12.7 Å². The number of hydrogen-bond donors (Lipinski definition) is 0. The Morgan fingerprint density at radius 2 is 2.25 bits per heavy atom. The molecule has 0 aromatic rings. The van der Waals surface area contributed by atoms with Gasteiger partial charge in [0.2, 0.25) is 0 Å². The molecule has 0 fully saturated rings. The minimum absolute atomic E-state index is 0.173. The zero-order valence-electron chi connectivity index (χ0n) is 6.92. The summed E-state index contributed by atoms with van der Waals surface area (Å²) < 4.78 is 21.0. The van der Waals surface area contributed by atoms with Gasteiger partial charge in [-0.3, -0.25) is 9.18 Å². The summed E-state index contributed by atoms with van der Waals surface area (Å²) in [4.78, 5) is 10.5. The van der Waals surface area contributed by atoms with Crippen molar-refractivity contribution in [2.75, 3.05) is 26.5 Å². The van der Waals surface area contributed by atoms with Crippen LogP contribution in [-0.4, -0.2) is 32.5 Å². The minimum atomic E-state index is -0.674. The molecule has 0 amide bonds. The standard InChI is InChI=1S/C8H13FO3/c1-2-5-11-6-7-12-8(10)3-4-9/h2H,1,3-7H2. The highest BCUT2D eigenvalue weighted by Gasteiger charge is 2.00. The van der Waals surface area contributed by atoms with E-state index < -0.39 is 12.6 Å². The van der Waals surface area contributed by atoms with Crippen molar-refractivity contribution in [2.45, 2.75) is 6.42 Å². The molecule has 3 nitrogen and oxygen atoms in total. The number of halogens is 1. The number of alkyl halides is 1. The first kappa shape index (κ1) is 11.1. The molecular weight excluding hydrogens is 163 g/mol. The maximum absolute atomic E-state index is 11.5. The van der Waals surface area contributed by atoms with E-state index in [2.05, 4.69) is 11.3 Å². The molecule has 0 N–H and O–H groups in total. The van der Waals surface area contributed by atoms with E-state index in [1.165, 1.54) is 0 Å². The van der Waals surface area contributed by atoms with Crippen LogP contribution in [0.4, 0.5) is 4.39 Å². The van der Waals surface area contributed by atoms with E-state index in [0.29, 0.717) is 13.2 Å². The average Bonchev–Trinajstić information content (AvgIpc) is 2.05. The molecule has 0 spiro atoms. The molecular formula is C8H13FO3. The summed E-state index contributed by atoms with van der Waals surface area (Å²) in [6.45, 7) is 3.69. The van der Waals surface area contributed by atoms with E-state index in [1.807, 2.05) is 0 Å². The SMILES string of the molecule is C=CCOCCOC(=O)CCF. The molecule has 0 atom stereocenters. The van der Waals surface area contributed by atoms with Gasteiger partial charge in [0.1, 0.15) is 6.61 Å². The average molecular weight is 176 g/mol. The normalized spacial score (nSPS) is 9.42. The fourth-order valence-electron chi connectivity index (χ4n) is 0.530. The highest BCUT2D eigenvalue weighted by molar-refractivity contribution is 5.69. The molecule has 0 bridgehead atoms. The van der Waals surface area contributed by atoms with Gasteiger partial charge >= 0.3 is 5.97 Å². The summed E-state index contributed by atoms with van der Waals surface area (Å²) >= 11 is 0. The number of carbonyl (C=O) groups is 1. The Kier molecular flexibility index (Phi) is 7.58. The molecule has 0 unspecified atom stereocenters. The van der Waals surface area contributed by atoms with E-state index in [1.54, 1.807) is 6.08 Å². The van der Waals surface area contributed by atoms with E-state index in [4.69, 9.17) is 4.74 Å². The summed E-state index contributed by atoms with van der Waals surface area (Å²) in [7, 11) is 0. The molecule has 0 aromatic carbocycles. The van der Waals surface area contributed by atoms with Crippen LogP contribution in [0.3, 0.4) is 0 Å². The second-order valence-corrected chi connectivity index (χ2v) is 2.02. The van der Waals surface area contributed by atoms with Crippen LogP contribution in [0.25, 0.3) is 0 Å². The molecule has 0 saturated carbocycles. The minimum Gasteiger partial charge on any atom is -0.463 e. The molecule has 0 heterocycles. The zero-order chi connectivity index (χ0) is 9.23. The molecule has 0 aliphatic rings. The van der Waals surface area contributed by atoms with Crippen molar-refractivity contribution in [3.05, 3.63) is 12.7 Å². The van der Waals surface area contributed by atoms with E-state index in [-0.39, 0.29) is 13.0 Å². The van der Waals surface area contributed by atoms with Crippen LogP contribution in [0, 0.1) is 0 Å². The zero-order valence-corrected chi connectivity index (χ0v) is 6.92. The maximum Gasteiger partial charge on any atom is 0.308 e. The van der Waals surface area contributed by atoms with Gasteiger partial charge in [-0.05, 0) is 0 Å². The number of hydrogen-bond acceptors (Lipinski definition) is 3. The summed E-state index contributed by atoms with van der Waals surface area (Å²) in [6, 6.07) is 0. The smallest absolute Gasteiger partial charge is 0.308 e. The molecule has 70 valence electrons. The van der Waals surface area contributed by atoms with Gasteiger partial charge in [-0.15, -0.1) is 6.58 Å². The third-order valence-electron chi connectivity index (χ3n) is 1.03. The molecule has 0 rings (SSSR count). The van der Waals surface area contributed by atoms with Gasteiger partial charge in [0.25, 0.3) is 0 Å². The molecule has 4 heteroatoms. The monoisotopic (exact) mass is 176 g/mol. The first-order valence-electron chi connectivity index (χ1n) is 3.71. The first-order chi connectivity index (χ1) is 5.81. The lowest BCUT2D eigenvalue weighted by atomic mass is 10.5. The second-order valence-electron chi connectivity index (χ2n) is 2.02. The Morgan fingerprint density at radius 3 is 2.83 bits per heavy atom. The van der Waals surface area contributed by atoms with Crippen molar-refractivity contribution >= 4 is 5.97 Å². The largest absolute Gasteiger partial charge is 0.463 e. The Bertz CT molecular complexity index is 136. The second kappa shape index (κ2) is 8.20. The van der Waals surface area contributed by atoms with Gasteiger partial charge in [0.05, 0.1) is 26.3 Å². The summed E-state index contributed by atoms with van der Waals surface area (Å²) in [5.74, 6) is -0.528. The van der Waals surface area contributed by atoms with Gasteiger partial charge in [-0.1, -0.05) is 6.08 Å². The van der Waals surface area contributed by atoms with E-state index in [9.17, 15) is 9.18 Å². The van der Waals surface area contributed by atoms with Gasteiger partial charge in [-0.25, -0.2) is 0 Å². The van der Waals surface area contributed by atoms with Crippen LogP contribution >= 0.6 is 0 Å². The predicted octanol–water partition coefficient (Wildman–Crippen LogP) is 1.09. The third kappa shape index (κ3) is 7.21. The van der Waals surface area contributed by atoms with Crippen molar-refractivity contribution in [3.8, 4) is 0 Å². The van der Waals surface area contributed by atoms with Crippen LogP contribution < -0.4 is 0 Å². The van der Waals surface area contributed by atoms with Gasteiger partial charge in [0.15, 0.2) is 0 Å². The van der Waals surface area contributed by atoms with Crippen molar-refractivity contribution in [2.24, 2.45) is 0 Å². The van der Waals surface area contributed by atoms with Gasteiger partial charge < -0.3 is 9.47 Å². The fraction of sp³-hybridized carbons (Fsp3) is 0.625. The van der Waals surface area contributed by atoms with Crippen LogP contribution in [0.5, 0.6) is 0 Å².